The molecule has 0 bridgehead atoms. The molecule has 2 atom stereocenters. The van der Waals surface area contributed by atoms with Crippen molar-refractivity contribution in [3.63, 3.8) is 0 Å². The summed E-state index contributed by atoms with van der Waals surface area (Å²) in [6.45, 7) is 3.76. The highest BCUT2D eigenvalue weighted by molar-refractivity contribution is 7.86. The second-order valence-electron chi connectivity index (χ2n) is 9.00. The smallest absolute Gasteiger partial charge is 0.267 e. The van der Waals surface area contributed by atoms with Gasteiger partial charge in [0.05, 0.1) is 11.4 Å². The molecule has 2 N–H and O–H groups in total. The summed E-state index contributed by atoms with van der Waals surface area (Å²) in [6.07, 6.45) is 23.7. The van der Waals surface area contributed by atoms with E-state index in [1.807, 2.05) is 0 Å². The minimum absolute atomic E-state index is 0.0660. The van der Waals surface area contributed by atoms with Crippen LogP contribution in [0.4, 0.5) is 0 Å². The van der Waals surface area contributed by atoms with Crippen LogP contribution < -0.4 is 0 Å². The van der Waals surface area contributed by atoms with E-state index in [2.05, 4.69) is 6.92 Å². The Kier molecular flexibility index (Phi) is 19.7. The van der Waals surface area contributed by atoms with Crippen molar-refractivity contribution >= 4 is 10.1 Å². The molecule has 0 aliphatic carbocycles. The van der Waals surface area contributed by atoms with Crippen LogP contribution in [0.3, 0.4) is 0 Å². The molecular weight excluding hydrogens is 384 g/mol. The molecule has 0 heterocycles. The molecular formula is C24H50O4S. The molecule has 0 amide bonds. The van der Waals surface area contributed by atoms with E-state index in [1.54, 1.807) is 6.92 Å². The summed E-state index contributed by atoms with van der Waals surface area (Å²) in [6, 6.07) is 0. The fourth-order valence-corrected chi connectivity index (χ4v) is 4.31. The van der Waals surface area contributed by atoms with Gasteiger partial charge in [-0.2, -0.15) is 8.42 Å². The second-order valence-corrected chi connectivity index (χ2v) is 10.8. The average molecular weight is 435 g/mol. The predicted octanol–water partition coefficient (Wildman–Crippen LogP) is 7.45. The first-order valence-corrected chi connectivity index (χ1v) is 14.0. The minimum Gasteiger partial charge on any atom is -0.393 e. The fraction of sp³-hybridized carbons (Fsp3) is 1.00. The molecule has 0 radical (unpaired) electrons. The van der Waals surface area contributed by atoms with Crippen LogP contribution in [0.2, 0.25) is 0 Å². The molecule has 0 aromatic carbocycles. The molecule has 0 spiro atoms. The Morgan fingerprint density at radius 1 is 0.586 bits per heavy atom. The quantitative estimate of drug-likeness (QED) is 0.137. The molecule has 0 saturated carbocycles. The summed E-state index contributed by atoms with van der Waals surface area (Å²) in [5.74, 6) is 0. The van der Waals surface area contributed by atoms with Crippen molar-refractivity contribution in [1.29, 1.82) is 0 Å². The van der Waals surface area contributed by atoms with Gasteiger partial charge in [0.2, 0.25) is 0 Å². The van der Waals surface area contributed by atoms with Crippen LogP contribution in [0.1, 0.15) is 142 Å². The van der Waals surface area contributed by atoms with Gasteiger partial charge in [-0.25, -0.2) is 0 Å². The van der Waals surface area contributed by atoms with Crippen molar-refractivity contribution in [2.24, 2.45) is 0 Å². The topological polar surface area (TPSA) is 74.6 Å². The zero-order valence-electron chi connectivity index (χ0n) is 19.4. The van der Waals surface area contributed by atoms with E-state index in [4.69, 9.17) is 4.55 Å². The molecule has 0 fully saturated rings. The van der Waals surface area contributed by atoms with Crippen molar-refractivity contribution in [2.75, 3.05) is 0 Å². The largest absolute Gasteiger partial charge is 0.393 e. The Balaban J connectivity index is 3.17. The van der Waals surface area contributed by atoms with E-state index in [1.165, 1.54) is 89.9 Å². The summed E-state index contributed by atoms with van der Waals surface area (Å²) in [7, 11) is -3.84. The van der Waals surface area contributed by atoms with Gasteiger partial charge in [0, 0.05) is 0 Å². The normalized spacial score (nSPS) is 14.2. The third kappa shape index (κ3) is 20.9. The third-order valence-electron chi connectivity index (χ3n) is 6.05. The van der Waals surface area contributed by atoms with E-state index >= 15 is 0 Å². The van der Waals surface area contributed by atoms with E-state index in [0.717, 1.165) is 32.1 Å². The lowest BCUT2D eigenvalue weighted by atomic mass is 10.0. The lowest BCUT2D eigenvalue weighted by Gasteiger charge is -2.09. The first-order chi connectivity index (χ1) is 13.9. The van der Waals surface area contributed by atoms with Gasteiger partial charge < -0.3 is 5.11 Å². The number of aliphatic hydroxyl groups is 1. The second kappa shape index (κ2) is 19.8. The van der Waals surface area contributed by atoms with Crippen molar-refractivity contribution in [2.45, 2.75) is 154 Å². The lowest BCUT2D eigenvalue weighted by molar-refractivity contribution is 0.148. The number of hydrogen-bond acceptors (Lipinski definition) is 3. The van der Waals surface area contributed by atoms with Gasteiger partial charge in [-0.05, 0) is 26.2 Å². The van der Waals surface area contributed by atoms with E-state index in [0.29, 0.717) is 6.42 Å². The molecule has 176 valence electrons. The van der Waals surface area contributed by atoms with Crippen molar-refractivity contribution < 1.29 is 18.1 Å². The van der Waals surface area contributed by atoms with Crippen LogP contribution in [0, 0.1) is 0 Å². The summed E-state index contributed by atoms with van der Waals surface area (Å²) in [4.78, 5) is 0. The highest BCUT2D eigenvalue weighted by Gasteiger charge is 2.15. The molecule has 0 aliphatic rings. The first-order valence-electron chi connectivity index (χ1n) is 12.5. The van der Waals surface area contributed by atoms with Crippen molar-refractivity contribution in [1.82, 2.24) is 0 Å². The summed E-state index contributed by atoms with van der Waals surface area (Å²) >= 11 is 0. The summed E-state index contributed by atoms with van der Waals surface area (Å²) in [5, 5.41) is 9.19. The Bertz CT molecular complexity index is 436. The Morgan fingerprint density at radius 3 is 1.24 bits per heavy atom. The minimum atomic E-state index is -3.84. The highest BCUT2D eigenvalue weighted by Crippen LogP contribution is 2.16. The zero-order chi connectivity index (χ0) is 21.8. The summed E-state index contributed by atoms with van der Waals surface area (Å²) < 4.78 is 30.8. The number of hydrogen-bond donors (Lipinski definition) is 2. The van der Waals surface area contributed by atoms with Crippen molar-refractivity contribution in [3.05, 3.63) is 0 Å². The maximum atomic E-state index is 10.9. The maximum absolute atomic E-state index is 10.9. The van der Waals surface area contributed by atoms with Crippen LogP contribution in [0.5, 0.6) is 0 Å². The van der Waals surface area contributed by atoms with Crippen LogP contribution >= 0.6 is 0 Å². The van der Waals surface area contributed by atoms with E-state index in [-0.39, 0.29) is 6.10 Å². The first kappa shape index (κ1) is 28.9. The fourth-order valence-electron chi connectivity index (χ4n) is 3.84. The van der Waals surface area contributed by atoms with Gasteiger partial charge in [-0.3, -0.25) is 4.55 Å². The molecule has 4 nitrogen and oxygen atoms in total. The maximum Gasteiger partial charge on any atom is 0.267 e. The van der Waals surface area contributed by atoms with E-state index in [9.17, 15) is 13.5 Å². The lowest BCUT2D eigenvalue weighted by Crippen LogP contribution is -2.16. The van der Waals surface area contributed by atoms with Crippen LogP contribution in [0.25, 0.3) is 0 Å². The van der Waals surface area contributed by atoms with Crippen LogP contribution in [-0.2, 0) is 10.1 Å². The zero-order valence-corrected chi connectivity index (χ0v) is 20.2. The monoisotopic (exact) mass is 434 g/mol. The molecule has 0 rings (SSSR count). The SMILES string of the molecule is CCCCC(O)CCCCCCCCCCCCCCCCCC(C)S(=O)(=O)O. The molecule has 2 unspecified atom stereocenters. The predicted molar refractivity (Wildman–Crippen MR) is 125 cm³/mol. The number of aliphatic hydroxyl groups excluding tert-OH is 1. The summed E-state index contributed by atoms with van der Waals surface area (Å²) in [5.41, 5.74) is 0. The van der Waals surface area contributed by atoms with E-state index < -0.39 is 15.4 Å². The van der Waals surface area contributed by atoms with Crippen LogP contribution in [-0.4, -0.2) is 29.4 Å². The molecule has 5 heteroatoms. The van der Waals surface area contributed by atoms with Crippen molar-refractivity contribution in [3.8, 4) is 0 Å². The molecule has 0 saturated heterocycles. The number of rotatable bonds is 22. The number of unbranched alkanes of at least 4 members (excludes halogenated alkanes) is 15. The van der Waals surface area contributed by atoms with Gasteiger partial charge in [0.1, 0.15) is 0 Å². The molecule has 0 aromatic heterocycles. The third-order valence-corrected chi connectivity index (χ3v) is 7.30. The standard InChI is InChI=1S/C24H50O4S/c1-3-4-21-24(25)22-19-17-15-13-11-9-7-5-6-8-10-12-14-16-18-20-23(2)29(26,27)28/h23-25H,3-22H2,1-2H3,(H,26,27,28). The molecule has 0 aliphatic heterocycles. The molecule has 29 heavy (non-hydrogen) atoms. The highest BCUT2D eigenvalue weighted by atomic mass is 32.2. The van der Waals surface area contributed by atoms with Gasteiger partial charge in [0.15, 0.2) is 0 Å². The van der Waals surface area contributed by atoms with Gasteiger partial charge in [0.25, 0.3) is 10.1 Å². The Morgan fingerprint density at radius 2 is 0.897 bits per heavy atom. The Hall–Kier alpha value is -0.130. The van der Waals surface area contributed by atoms with Crippen LogP contribution in [0.15, 0.2) is 0 Å². The van der Waals surface area contributed by atoms with Gasteiger partial charge >= 0.3 is 0 Å². The van der Waals surface area contributed by atoms with Gasteiger partial charge in [-0.1, -0.05) is 116 Å². The van der Waals surface area contributed by atoms with Gasteiger partial charge in [-0.15, -0.1) is 0 Å². The average Bonchev–Trinajstić information content (AvgIpc) is 2.67. The Labute approximate surface area is 182 Å². The molecule has 0 aromatic rings.